The summed E-state index contributed by atoms with van der Waals surface area (Å²) < 4.78 is 13.4. The van der Waals surface area contributed by atoms with E-state index in [1.165, 1.54) is 12.1 Å². The van der Waals surface area contributed by atoms with Crippen LogP contribution in [0.15, 0.2) is 35.4 Å². The number of carbonyl (C=O) groups is 1. The third-order valence-corrected chi connectivity index (χ3v) is 1.68. The third-order valence-electron chi connectivity index (χ3n) is 1.68. The summed E-state index contributed by atoms with van der Waals surface area (Å²) in [6.45, 7) is 0.933. The lowest BCUT2D eigenvalue weighted by atomic mass is 10.0. The summed E-state index contributed by atoms with van der Waals surface area (Å²) in [5.74, 6) is -3.35. The molecule has 4 nitrogen and oxygen atoms in total. The summed E-state index contributed by atoms with van der Waals surface area (Å²) >= 11 is 0. The van der Waals surface area contributed by atoms with Gasteiger partial charge in [0.15, 0.2) is 0 Å². The minimum atomic E-state index is -2.52. The molecule has 0 aliphatic rings. The Morgan fingerprint density at radius 1 is 1.50 bits per heavy atom. The van der Waals surface area contributed by atoms with Crippen molar-refractivity contribution in [3.8, 4) is 0 Å². The van der Waals surface area contributed by atoms with Crippen LogP contribution >= 0.6 is 0 Å². The number of halogens is 1. The highest BCUT2D eigenvalue weighted by molar-refractivity contribution is 6.01. The Bertz CT molecular complexity index is 382. The van der Waals surface area contributed by atoms with Gasteiger partial charge >= 0.3 is 0 Å². The van der Waals surface area contributed by atoms with Crippen molar-refractivity contribution in [3.63, 3.8) is 0 Å². The van der Waals surface area contributed by atoms with Crippen LogP contribution in [0.5, 0.6) is 0 Å². The third kappa shape index (κ3) is 2.08. The highest BCUT2D eigenvalue weighted by Crippen LogP contribution is 2.19. The van der Waals surface area contributed by atoms with Gasteiger partial charge in [0.1, 0.15) is 0 Å². The molecule has 0 fully saturated rings. The topological polar surface area (TPSA) is 65.8 Å². The smallest absolute Gasteiger partial charge is 0.248 e. The van der Waals surface area contributed by atoms with Crippen LogP contribution in [0.25, 0.3) is 10.4 Å². The molecule has 0 amide bonds. The molecule has 14 heavy (non-hydrogen) atoms. The molecule has 1 rings (SSSR count). The molecule has 0 N–H and O–H groups in total. The normalized spacial score (nSPS) is 13.9. The van der Waals surface area contributed by atoms with Gasteiger partial charge in [-0.15, -0.1) is 0 Å². The van der Waals surface area contributed by atoms with E-state index in [2.05, 4.69) is 10.0 Å². The number of rotatable bonds is 3. The lowest BCUT2D eigenvalue weighted by molar-refractivity contribution is 0.0738. The highest BCUT2D eigenvalue weighted by atomic mass is 19.1. The van der Waals surface area contributed by atoms with Gasteiger partial charge in [-0.2, -0.15) is 0 Å². The number of carbonyl (C=O) groups excluding carboxylic acids is 1. The van der Waals surface area contributed by atoms with Gasteiger partial charge in [-0.25, -0.2) is 4.39 Å². The molecule has 1 aromatic carbocycles. The van der Waals surface area contributed by atoms with Crippen molar-refractivity contribution in [2.24, 2.45) is 5.11 Å². The zero-order chi connectivity index (χ0) is 10.6. The molecule has 72 valence electrons. The Hall–Kier alpha value is -1.87. The van der Waals surface area contributed by atoms with Gasteiger partial charge in [-0.05, 0) is 17.6 Å². The van der Waals surface area contributed by atoms with E-state index in [4.69, 9.17) is 5.53 Å². The van der Waals surface area contributed by atoms with E-state index in [1.807, 2.05) is 0 Å². The van der Waals surface area contributed by atoms with E-state index in [1.54, 1.807) is 18.2 Å². The Kier molecular flexibility index (Phi) is 2.84. The molecular formula is C9H8FN3O. The van der Waals surface area contributed by atoms with Crippen LogP contribution in [0.2, 0.25) is 0 Å². The van der Waals surface area contributed by atoms with Gasteiger partial charge in [0.25, 0.3) is 0 Å². The second-order valence-electron chi connectivity index (χ2n) is 2.84. The van der Waals surface area contributed by atoms with Crippen molar-refractivity contribution in [1.82, 2.24) is 0 Å². The van der Waals surface area contributed by atoms with Crippen LogP contribution < -0.4 is 0 Å². The number of Topliss-reactive ketones (excluding diaryl/α,β-unsaturated/α-hetero) is 1. The number of ketones is 1. The van der Waals surface area contributed by atoms with Gasteiger partial charge < -0.3 is 0 Å². The van der Waals surface area contributed by atoms with Crippen LogP contribution in [-0.4, -0.2) is 11.6 Å². The number of hydrogen-bond acceptors (Lipinski definition) is 2. The maximum atomic E-state index is 13.4. The molecule has 1 aromatic rings. The van der Waals surface area contributed by atoms with Crippen molar-refractivity contribution < 1.29 is 9.18 Å². The summed E-state index contributed by atoms with van der Waals surface area (Å²) in [5, 5.41) is 2.80. The van der Waals surface area contributed by atoms with Crippen LogP contribution in [0.4, 0.5) is 4.39 Å². The Morgan fingerprint density at radius 3 is 2.57 bits per heavy atom. The molecule has 0 bridgehead atoms. The lowest BCUT2D eigenvalue weighted by Gasteiger charge is -2.11. The van der Waals surface area contributed by atoms with Gasteiger partial charge in [-0.3, -0.25) is 4.79 Å². The van der Waals surface area contributed by atoms with E-state index in [9.17, 15) is 9.18 Å². The average molecular weight is 193 g/mol. The molecule has 0 heterocycles. The molecule has 0 aliphatic carbocycles. The van der Waals surface area contributed by atoms with E-state index >= 15 is 0 Å². The molecule has 1 unspecified atom stereocenters. The van der Waals surface area contributed by atoms with Crippen LogP contribution in [-0.2, 0) is 0 Å². The first kappa shape index (κ1) is 10.2. The molecule has 1 atom stereocenters. The number of nitrogens with zero attached hydrogens (tertiary/aromatic N) is 3. The average Bonchev–Trinajstić information content (AvgIpc) is 2.18. The Morgan fingerprint density at radius 2 is 2.07 bits per heavy atom. The number of azide groups is 1. The predicted octanol–water partition coefficient (Wildman–Crippen LogP) is 2.87. The van der Waals surface area contributed by atoms with Gasteiger partial charge in [-0.1, -0.05) is 30.3 Å². The molecule has 0 aliphatic heterocycles. The van der Waals surface area contributed by atoms with Crippen LogP contribution in [0, 0.1) is 0 Å². The maximum Gasteiger partial charge on any atom is 0.248 e. The second kappa shape index (κ2) is 3.89. The highest BCUT2D eigenvalue weighted by Gasteiger charge is 2.32. The van der Waals surface area contributed by atoms with Crippen molar-refractivity contribution in [3.05, 3.63) is 46.3 Å². The number of hydrogen-bond donors (Lipinski definition) is 0. The van der Waals surface area contributed by atoms with Crippen molar-refractivity contribution in [2.75, 3.05) is 0 Å². The van der Waals surface area contributed by atoms with Gasteiger partial charge in [0, 0.05) is 10.5 Å². The monoisotopic (exact) mass is 193 g/mol. The standard InChI is InChI=1S/C9H8FN3O/c1-9(10,12-13-11)8(14)7-5-3-2-4-6-7/h2-6H,1H3. The van der Waals surface area contributed by atoms with E-state index in [-0.39, 0.29) is 5.56 Å². The minimum absolute atomic E-state index is 0.185. The molecule has 0 saturated carbocycles. The Balaban J connectivity index is 3.02. The maximum absolute atomic E-state index is 13.4. The first-order chi connectivity index (χ1) is 6.58. The summed E-state index contributed by atoms with van der Waals surface area (Å²) in [4.78, 5) is 13.7. The fourth-order valence-corrected chi connectivity index (χ4v) is 0.982. The molecule has 5 heteroatoms. The Labute approximate surface area is 80.0 Å². The van der Waals surface area contributed by atoms with Crippen LogP contribution in [0.1, 0.15) is 17.3 Å². The number of benzene rings is 1. The first-order valence-corrected chi connectivity index (χ1v) is 3.93. The lowest BCUT2D eigenvalue weighted by Crippen LogP contribution is -2.26. The fraction of sp³-hybridized carbons (Fsp3) is 0.222. The van der Waals surface area contributed by atoms with E-state index in [0.717, 1.165) is 6.92 Å². The minimum Gasteiger partial charge on any atom is -0.290 e. The summed E-state index contributed by atoms with van der Waals surface area (Å²) in [7, 11) is 0. The molecule has 0 aromatic heterocycles. The van der Waals surface area contributed by atoms with Crippen molar-refractivity contribution >= 4 is 5.78 Å². The van der Waals surface area contributed by atoms with E-state index < -0.39 is 11.6 Å². The first-order valence-electron chi connectivity index (χ1n) is 3.93. The SMILES string of the molecule is CC(F)(N=[N+]=[N-])C(=O)c1ccccc1. The van der Waals surface area contributed by atoms with Crippen molar-refractivity contribution in [1.29, 1.82) is 0 Å². The molecular weight excluding hydrogens is 185 g/mol. The molecule has 0 saturated heterocycles. The summed E-state index contributed by atoms with van der Waals surface area (Å²) in [5.41, 5.74) is 8.25. The van der Waals surface area contributed by atoms with Gasteiger partial charge in [0.05, 0.1) is 0 Å². The second-order valence-corrected chi connectivity index (χ2v) is 2.84. The van der Waals surface area contributed by atoms with Crippen LogP contribution in [0.3, 0.4) is 0 Å². The largest absolute Gasteiger partial charge is 0.290 e. The molecule has 0 radical (unpaired) electrons. The molecule has 0 spiro atoms. The predicted molar refractivity (Wildman–Crippen MR) is 49.4 cm³/mol. The summed E-state index contributed by atoms with van der Waals surface area (Å²) in [6, 6.07) is 7.86. The number of alkyl halides is 1. The fourth-order valence-electron chi connectivity index (χ4n) is 0.982. The summed E-state index contributed by atoms with van der Waals surface area (Å²) in [6.07, 6.45) is 0. The van der Waals surface area contributed by atoms with Crippen molar-refractivity contribution in [2.45, 2.75) is 12.7 Å². The van der Waals surface area contributed by atoms with E-state index in [0.29, 0.717) is 0 Å². The van der Waals surface area contributed by atoms with Gasteiger partial charge in [0.2, 0.25) is 11.6 Å². The zero-order valence-electron chi connectivity index (χ0n) is 7.51. The quantitative estimate of drug-likeness (QED) is 0.239. The zero-order valence-corrected chi connectivity index (χ0v) is 7.51.